The molecule has 0 aliphatic carbocycles. The Hall–Kier alpha value is -2.29. The lowest BCUT2D eigenvalue weighted by Gasteiger charge is -2.31. The first-order valence-corrected chi connectivity index (χ1v) is 10.4. The van der Waals surface area contributed by atoms with Crippen molar-refractivity contribution in [2.75, 3.05) is 12.4 Å². The highest BCUT2D eigenvalue weighted by Crippen LogP contribution is 2.28. The second-order valence-corrected chi connectivity index (χ2v) is 8.04. The molecule has 1 saturated heterocycles. The van der Waals surface area contributed by atoms with Crippen LogP contribution in [0.2, 0.25) is 5.02 Å². The summed E-state index contributed by atoms with van der Waals surface area (Å²) in [4.78, 5) is 24.5. The van der Waals surface area contributed by atoms with Gasteiger partial charge in [0.25, 0.3) is 0 Å². The third kappa shape index (κ3) is 6.09. The summed E-state index contributed by atoms with van der Waals surface area (Å²) in [6, 6.07) is 11.1. The van der Waals surface area contributed by atoms with E-state index in [1.54, 1.807) is 36.4 Å². The number of carbonyl (C=O) groups excluding carboxylic acids is 2. The summed E-state index contributed by atoms with van der Waals surface area (Å²) < 4.78 is 19.0. The summed E-state index contributed by atoms with van der Waals surface area (Å²) in [5.41, 5.74) is 0.617. The van der Waals surface area contributed by atoms with Gasteiger partial charge in [-0.2, -0.15) is 0 Å². The molecule has 1 aliphatic rings. The van der Waals surface area contributed by atoms with Crippen LogP contribution in [0.5, 0.6) is 5.75 Å². The van der Waals surface area contributed by atoms with E-state index in [1.807, 2.05) is 0 Å². The van der Waals surface area contributed by atoms with Crippen LogP contribution in [0.1, 0.15) is 18.4 Å². The van der Waals surface area contributed by atoms with Gasteiger partial charge in [-0.15, -0.1) is 11.8 Å². The average molecular weight is 438 g/mol. The number of anilines is 1. The van der Waals surface area contributed by atoms with Crippen LogP contribution in [0.3, 0.4) is 0 Å². The fourth-order valence-electron chi connectivity index (χ4n) is 2.96. The average Bonchev–Trinajstić information content (AvgIpc) is 2.67. The van der Waals surface area contributed by atoms with E-state index in [2.05, 4.69) is 16.0 Å². The molecule has 0 radical (unpaired) electrons. The number of carbonyl (C=O) groups is 2. The Balaban J connectivity index is 1.56. The van der Waals surface area contributed by atoms with Gasteiger partial charge >= 0.3 is 0 Å². The Labute approximate surface area is 177 Å². The maximum absolute atomic E-state index is 13.8. The van der Waals surface area contributed by atoms with Gasteiger partial charge in [0.1, 0.15) is 17.1 Å². The van der Waals surface area contributed by atoms with Gasteiger partial charge in [-0.3, -0.25) is 14.9 Å². The second kappa shape index (κ2) is 9.96. The molecular formula is C20H21ClFN3O3S. The van der Waals surface area contributed by atoms with Gasteiger partial charge in [0.2, 0.25) is 11.8 Å². The number of nitrogens with one attached hydrogen (secondary N) is 3. The van der Waals surface area contributed by atoms with Crippen LogP contribution in [0.15, 0.2) is 42.5 Å². The molecule has 6 nitrogen and oxygen atoms in total. The second-order valence-electron chi connectivity index (χ2n) is 6.51. The molecule has 0 spiro atoms. The van der Waals surface area contributed by atoms with Crippen LogP contribution >= 0.6 is 23.4 Å². The van der Waals surface area contributed by atoms with E-state index in [1.165, 1.54) is 24.9 Å². The molecule has 9 heteroatoms. The van der Waals surface area contributed by atoms with Gasteiger partial charge in [0.15, 0.2) is 0 Å². The minimum Gasteiger partial charge on any atom is -0.495 e. The molecule has 2 aromatic carbocycles. The number of halogens is 2. The van der Waals surface area contributed by atoms with Crippen LogP contribution in [-0.2, 0) is 15.3 Å². The molecular weight excluding hydrogens is 417 g/mol. The van der Waals surface area contributed by atoms with E-state index >= 15 is 0 Å². The maximum Gasteiger partial charge on any atom is 0.226 e. The van der Waals surface area contributed by atoms with E-state index < -0.39 is 5.50 Å². The first kappa shape index (κ1) is 21.4. The first-order valence-electron chi connectivity index (χ1n) is 8.98. The molecule has 2 unspecified atom stereocenters. The number of rotatable bonds is 7. The Kier molecular flexibility index (Phi) is 7.35. The highest BCUT2D eigenvalue weighted by Gasteiger charge is 2.28. The fourth-order valence-corrected chi connectivity index (χ4v) is 4.21. The Morgan fingerprint density at radius 3 is 2.90 bits per heavy atom. The van der Waals surface area contributed by atoms with Crippen molar-refractivity contribution in [3.8, 4) is 5.75 Å². The van der Waals surface area contributed by atoms with Crippen molar-refractivity contribution < 1.29 is 18.7 Å². The molecule has 1 fully saturated rings. The third-order valence-electron chi connectivity index (χ3n) is 4.34. The molecule has 1 heterocycles. The first-order chi connectivity index (χ1) is 13.9. The fraction of sp³-hybridized carbons (Fsp3) is 0.300. The summed E-state index contributed by atoms with van der Waals surface area (Å²) in [5, 5.41) is 9.27. The number of methoxy groups -OCH3 is 1. The third-order valence-corrected chi connectivity index (χ3v) is 5.64. The van der Waals surface area contributed by atoms with Crippen LogP contribution in [-0.4, -0.2) is 30.5 Å². The van der Waals surface area contributed by atoms with Crippen LogP contribution in [0, 0.1) is 5.82 Å². The van der Waals surface area contributed by atoms with Crippen molar-refractivity contribution in [2.24, 2.45) is 0 Å². The van der Waals surface area contributed by atoms with E-state index in [4.69, 9.17) is 16.3 Å². The van der Waals surface area contributed by atoms with Crippen molar-refractivity contribution >= 4 is 40.9 Å². The van der Waals surface area contributed by atoms with Crippen LogP contribution < -0.4 is 20.7 Å². The predicted molar refractivity (Wildman–Crippen MR) is 112 cm³/mol. The number of thioether (sulfide) groups is 1. The van der Waals surface area contributed by atoms with Crippen molar-refractivity contribution in [3.63, 3.8) is 0 Å². The molecule has 2 amide bonds. The molecule has 3 rings (SSSR count). The van der Waals surface area contributed by atoms with Crippen molar-refractivity contribution in [2.45, 2.75) is 30.1 Å². The lowest BCUT2D eigenvalue weighted by atomic mass is 10.1. The zero-order valence-electron chi connectivity index (χ0n) is 15.7. The summed E-state index contributed by atoms with van der Waals surface area (Å²) in [6.07, 6.45) is 0.275. The molecule has 2 atom stereocenters. The number of amides is 2. The molecule has 0 aromatic heterocycles. The summed E-state index contributed by atoms with van der Waals surface area (Å²) in [5.74, 6) is 0.177. The van der Waals surface area contributed by atoms with Crippen molar-refractivity contribution in [1.82, 2.24) is 10.6 Å². The Morgan fingerprint density at radius 2 is 2.14 bits per heavy atom. The molecule has 0 bridgehead atoms. The summed E-state index contributed by atoms with van der Waals surface area (Å²) in [6.45, 7) is 0. The monoisotopic (exact) mass is 437 g/mol. The highest BCUT2D eigenvalue weighted by molar-refractivity contribution is 7.99. The molecule has 3 N–H and O–H groups in total. The molecule has 0 saturated carbocycles. The number of hydrogen-bond acceptors (Lipinski definition) is 5. The summed E-state index contributed by atoms with van der Waals surface area (Å²) in [7, 11) is 1.50. The minimum absolute atomic E-state index is 0.0971. The standard InChI is InChI=1S/C20H21ClFN3O3S/c1-28-17-7-6-13(21)8-16(17)24-18(26)9-14-10-19(27)25-20(23-14)29-11-12-4-2-3-5-15(12)22/h2-8,14,20,23H,9-11H2,1H3,(H,24,26)(H,25,27). The van der Waals surface area contributed by atoms with Gasteiger partial charge in [-0.1, -0.05) is 29.8 Å². The molecule has 29 heavy (non-hydrogen) atoms. The van der Waals surface area contributed by atoms with Crippen LogP contribution in [0.4, 0.5) is 10.1 Å². The normalized spacial score (nSPS) is 18.8. The largest absolute Gasteiger partial charge is 0.495 e. The lowest BCUT2D eigenvalue weighted by Crippen LogP contribution is -2.55. The van der Waals surface area contributed by atoms with Gasteiger partial charge in [-0.25, -0.2) is 4.39 Å². The zero-order valence-corrected chi connectivity index (χ0v) is 17.3. The maximum atomic E-state index is 13.8. The number of hydrogen-bond donors (Lipinski definition) is 3. The van der Waals surface area contributed by atoms with E-state index in [9.17, 15) is 14.0 Å². The number of ether oxygens (including phenoxy) is 1. The van der Waals surface area contributed by atoms with E-state index in [0.717, 1.165) is 0 Å². The van der Waals surface area contributed by atoms with E-state index in [0.29, 0.717) is 27.8 Å². The van der Waals surface area contributed by atoms with Gasteiger partial charge < -0.3 is 15.4 Å². The van der Waals surface area contributed by atoms with Gasteiger partial charge in [0.05, 0.1) is 12.8 Å². The van der Waals surface area contributed by atoms with Gasteiger partial charge in [0, 0.05) is 29.7 Å². The minimum atomic E-state index is -0.408. The quantitative estimate of drug-likeness (QED) is 0.617. The molecule has 1 aliphatic heterocycles. The molecule has 154 valence electrons. The van der Waals surface area contributed by atoms with E-state index in [-0.39, 0.29) is 36.5 Å². The Bertz CT molecular complexity index is 899. The summed E-state index contributed by atoms with van der Waals surface area (Å²) >= 11 is 7.34. The van der Waals surface area contributed by atoms with Crippen molar-refractivity contribution in [3.05, 3.63) is 58.9 Å². The SMILES string of the molecule is COc1ccc(Cl)cc1NC(=O)CC1CC(=O)NC(SCc2ccccc2F)N1. The van der Waals surface area contributed by atoms with Crippen molar-refractivity contribution in [1.29, 1.82) is 0 Å². The topological polar surface area (TPSA) is 79.5 Å². The lowest BCUT2D eigenvalue weighted by molar-refractivity contribution is -0.124. The highest BCUT2D eigenvalue weighted by atomic mass is 35.5. The smallest absolute Gasteiger partial charge is 0.226 e. The Morgan fingerprint density at radius 1 is 1.34 bits per heavy atom. The zero-order chi connectivity index (χ0) is 20.8. The number of benzene rings is 2. The van der Waals surface area contributed by atoms with Crippen LogP contribution in [0.25, 0.3) is 0 Å². The predicted octanol–water partition coefficient (Wildman–Crippen LogP) is 3.51. The molecule has 2 aromatic rings. The van der Waals surface area contributed by atoms with Gasteiger partial charge in [-0.05, 0) is 29.8 Å².